The van der Waals surface area contributed by atoms with Crippen LogP contribution in [0.3, 0.4) is 0 Å². The van der Waals surface area contributed by atoms with Crippen LogP contribution in [-0.4, -0.2) is 47.5 Å². The molecule has 0 spiro atoms. The smallest absolute Gasteiger partial charge is 0.225 e. The van der Waals surface area contributed by atoms with Crippen LogP contribution in [0.2, 0.25) is 0 Å². The number of ether oxygens (including phenoxy) is 1. The number of nitrogens with zero attached hydrogens (tertiary/aromatic N) is 2. The molecule has 3 heterocycles. The second-order valence-corrected chi connectivity index (χ2v) is 5.87. The van der Waals surface area contributed by atoms with Gasteiger partial charge in [0.15, 0.2) is 0 Å². The molecule has 6 nitrogen and oxygen atoms in total. The lowest BCUT2D eigenvalue weighted by atomic mass is 10.1. The van der Waals surface area contributed by atoms with Crippen LogP contribution >= 0.6 is 0 Å². The van der Waals surface area contributed by atoms with Crippen LogP contribution in [0.4, 0.5) is 0 Å². The van der Waals surface area contributed by atoms with E-state index in [0.717, 1.165) is 18.4 Å². The highest BCUT2D eigenvalue weighted by Gasteiger charge is 2.38. The zero-order chi connectivity index (χ0) is 15.4. The Kier molecular flexibility index (Phi) is 4.68. The zero-order valence-corrected chi connectivity index (χ0v) is 12.5. The zero-order valence-electron chi connectivity index (χ0n) is 12.5. The van der Waals surface area contributed by atoms with Gasteiger partial charge in [0, 0.05) is 51.2 Å². The predicted molar refractivity (Wildman–Crippen MR) is 79.7 cm³/mol. The van der Waals surface area contributed by atoms with Crippen LogP contribution in [0.1, 0.15) is 24.8 Å². The maximum Gasteiger partial charge on any atom is 0.225 e. The third-order valence-electron chi connectivity index (χ3n) is 4.35. The van der Waals surface area contributed by atoms with Gasteiger partial charge in [-0.05, 0) is 24.5 Å². The second kappa shape index (κ2) is 6.87. The first-order valence-corrected chi connectivity index (χ1v) is 7.78. The van der Waals surface area contributed by atoms with E-state index < -0.39 is 0 Å². The van der Waals surface area contributed by atoms with Gasteiger partial charge in [-0.25, -0.2) is 0 Å². The number of aromatic nitrogens is 1. The van der Waals surface area contributed by atoms with Crippen molar-refractivity contribution in [2.75, 3.05) is 19.8 Å². The first-order chi connectivity index (χ1) is 10.7. The summed E-state index contributed by atoms with van der Waals surface area (Å²) >= 11 is 0. The Morgan fingerprint density at radius 3 is 2.95 bits per heavy atom. The maximum atomic E-state index is 12.3. The molecule has 0 aromatic carbocycles. The lowest BCUT2D eigenvalue weighted by Gasteiger charge is -2.31. The molecule has 2 fully saturated rings. The van der Waals surface area contributed by atoms with Gasteiger partial charge in [0.2, 0.25) is 11.8 Å². The third kappa shape index (κ3) is 3.44. The summed E-state index contributed by atoms with van der Waals surface area (Å²) in [5.41, 5.74) is 0.960. The summed E-state index contributed by atoms with van der Waals surface area (Å²) in [5.74, 6) is -0.202. The predicted octanol–water partition coefficient (Wildman–Crippen LogP) is 0.725. The maximum absolute atomic E-state index is 12.3. The van der Waals surface area contributed by atoms with Crippen molar-refractivity contribution in [2.45, 2.75) is 31.8 Å². The van der Waals surface area contributed by atoms with Gasteiger partial charge in [-0.2, -0.15) is 0 Å². The molecule has 118 valence electrons. The molecule has 6 heteroatoms. The summed E-state index contributed by atoms with van der Waals surface area (Å²) in [6.07, 6.45) is 5.49. The monoisotopic (exact) mass is 303 g/mol. The Bertz CT molecular complexity index is 529. The molecule has 1 atom stereocenters. The summed E-state index contributed by atoms with van der Waals surface area (Å²) in [6, 6.07) is 3.99. The van der Waals surface area contributed by atoms with Gasteiger partial charge in [-0.1, -0.05) is 6.07 Å². The quantitative estimate of drug-likeness (QED) is 0.890. The van der Waals surface area contributed by atoms with Crippen molar-refractivity contribution < 1.29 is 14.3 Å². The molecule has 3 rings (SSSR count). The molecule has 0 radical (unpaired) electrons. The van der Waals surface area contributed by atoms with Crippen molar-refractivity contribution in [1.29, 1.82) is 0 Å². The van der Waals surface area contributed by atoms with Crippen LogP contribution in [0.25, 0.3) is 0 Å². The molecule has 1 aromatic rings. The molecular weight excluding hydrogens is 282 g/mol. The minimum absolute atomic E-state index is 0.0493. The van der Waals surface area contributed by atoms with Gasteiger partial charge in [0.1, 0.15) is 0 Å². The Hall–Kier alpha value is -1.95. The Labute approximate surface area is 129 Å². The number of amides is 2. The third-order valence-corrected chi connectivity index (χ3v) is 4.35. The molecule has 0 bridgehead atoms. The average molecular weight is 303 g/mol. The minimum Gasteiger partial charge on any atom is -0.381 e. The van der Waals surface area contributed by atoms with E-state index in [2.05, 4.69) is 10.3 Å². The first-order valence-electron chi connectivity index (χ1n) is 7.78. The summed E-state index contributed by atoms with van der Waals surface area (Å²) < 4.78 is 5.33. The molecule has 2 amide bonds. The number of rotatable bonds is 4. The van der Waals surface area contributed by atoms with Crippen molar-refractivity contribution >= 4 is 11.8 Å². The van der Waals surface area contributed by atoms with Crippen molar-refractivity contribution in [2.24, 2.45) is 5.92 Å². The van der Waals surface area contributed by atoms with E-state index in [1.165, 1.54) is 0 Å². The van der Waals surface area contributed by atoms with E-state index in [0.29, 0.717) is 32.7 Å². The van der Waals surface area contributed by atoms with Crippen molar-refractivity contribution in [3.63, 3.8) is 0 Å². The van der Waals surface area contributed by atoms with Crippen LogP contribution in [0.15, 0.2) is 24.5 Å². The van der Waals surface area contributed by atoms with Gasteiger partial charge in [-0.15, -0.1) is 0 Å². The molecule has 0 saturated carbocycles. The highest BCUT2D eigenvalue weighted by molar-refractivity contribution is 5.89. The summed E-state index contributed by atoms with van der Waals surface area (Å²) in [6.45, 7) is 2.38. The first kappa shape index (κ1) is 15.0. The van der Waals surface area contributed by atoms with Crippen molar-refractivity contribution in [1.82, 2.24) is 15.2 Å². The molecule has 0 aliphatic carbocycles. The molecule has 2 aliphatic heterocycles. The number of carbonyl (C=O) groups is 2. The Morgan fingerprint density at radius 2 is 2.23 bits per heavy atom. The number of hydrogen-bond donors (Lipinski definition) is 1. The Balaban J connectivity index is 1.52. The van der Waals surface area contributed by atoms with Gasteiger partial charge in [0.05, 0.1) is 5.92 Å². The lowest BCUT2D eigenvalue weighted by molar-refractivity contribution is -0.131. The lowest BCUT2D eigenvalue weighted by Crippen LogP contribution is -2.41. The van der Waals surface area contributed by atoms with Crippen LogP contribution in [-0.2, 0) is 20.9 Å². The fraction of sp³-hybridized carbons (Fsp3) is 0.562. The van der Waals surface area contributed by atoms with E-state index in [4.69, 9.17) is 4.74 Å². The molecule has 2 saturated heterocycles. The molecule has 1 aromatic heterocycles. The molecule has 1 N–H and O–H groups in total. The molecule has 1 unspecified atom stereocenters. The normalized spacial score (nSPS) is 22.8. The molecule has 2 aliphatic rings. The van der Waals surface area contributed by atoms with E-state index in [9.17, 15) is 9.59 Å². The van der Waals surface area contributed by atoms with Crippen molar-refractivity contribution in [3.05, 3.63) is 30.1 Å². The standard InChI is InChI=1S/C16H21N3O3/c20-15-8-13(11-19(15)14-3-6-22-7-4-14)16(21)18-10-12-2-1-5-17-9-12/h1-2,5,9,13-14H,3-4,6-8,10-11H2,(H,18,21). The number of hydrogen-bond acceptors (Lipinski definition) is 4. The highest BCUT2D eigenvalue weighted by atomic mass is 16.5. The fourth-order valence-corrected chi connectivity index (χ4v) is 3.09. The highest BCUT2D eigenvalue weighted by Crippen LogP contribution is 2.25. The number of pyridine rings is 1. The number of nitrogens with one attached hydrogen (secondary N) is 1. The van der Waals surface area contributed by atoms with E-state index >= 15 is 0 Å². The Morgan fingerprint density at radius 1 is 1.41 bits per heavy atom. The fourth-order valence-electron chi connectivity index (χ4n) is 3.09. The van der Waals surface area contributed by atoms with Gasteiger partial charge < -0.3 is 15.0 Å². The topological polar surface area (TPSA) is 71.5 Å². The summed E-state index contributed by atoms with van der Waals surface area (Å²) in [7, 11) is 0. The van der Waals surface area contributed by atoms with Crippen LogP contribution in [0, 0.1) is 5.92 Å². The number of likely N-dealkylation sites (tertiary alicyclic amines) is 1. The van der Waals surface area contributed by atoms with E-state index in [1.807, 2.05) is 17.0 Å². The van der Waals surface area contributed by atoms with Crippen LogP contribution < -0.4 is 5.32 Å². The summed E-state index contributed by atoms with van der Waals surface area (Å²) in [5, 5.41) is 2.90. The SMILES string of the molecule is O=C(NCc1cccnc1)C1CC(=O)N(C2CCOCC2)C1. The minimum atomic E-state index is -0.244. The molecular formula is C16H21N3O3. The van der Waals surface area contributed by atoms with E-state index in [1.54, 1.807) is 12.4 Å². The van der Waals surface area contributed by atoms with Gasteiger partial charge >= 0.3 is 0 Å². The van der Waals surface area contributed by atoms with Gasteiger partial charge in [0.25, 0.3) is 0 Å². The largest absolute Gasteiger partial charge is 0.381 e. The van der Waals surface area contributed by atoms with Gasteiger partial charge in [-0.3, -0.25) is 14.6 Å². The van der Waals surface area contributed by atoms with E-state index in [-0.39, 0.29) is 23.8 Å². The second-order valence-electron chi connectivity index (χ2n) is 5.87. The van der Waals surface area contributed by atoms with Crippen molar-refractivity contribution in [3.8, 4) is 0 Å². The number of carbonyl (C=O) groups excluding carboxylic acids is 2. The molecule has 22 heavy (non-hydrogen) atoms. The summed E-state index contributed by atoms with van der Waals surface area (Å²) in [4.78, 5) is 30.3. The average Bonchev–Trinajstić information content (AvgIpc) is 2.96. The van der Waals surface area contributed by atoms with Crippen LogP contribution in [0.5, 0.6) is 0 Å².